The van der Waals surface area contributed by atoms with Crippen molar-refractivity contribution in [1.29, 1.82) is 0 Å². The maximum absolute atomic E-state index is 4.73. The molecule has 1 aliphatic rings. The lowest BCUT2D eigenvalue weighted by Crippen LogP contribution is -2.45. The Morgan fingerprint density at radius 1 is 0.957 bits per heavy atom. The molecule has 3 rings (SSSR count). The minimum Gasteiger partial charge on any atom is -0.340 e. The fourth-order valence-corrected chi connectivity index (χ4v) is 2.86. The van der Waals surface area contributed by atoms with Gasteiger partial charge in [-0.05, 0) is 39.4 Å². The van der Waals surface area contributed by atoms with Crippen molar-refractivity contribution in [2.45, 2.75) is 20.8 Å². The first kappa shape index (κ1) is 15.7. The number of benzene rings is 1. The third-order valence-corrected chi connectivity index (χ3v) is 4.27. The van der Waals surface area contributed by atoms with E-state index >= 15 is 0 Å². The van der Waals surface area contributed by atoms with Crippen LogP contribution in [0.2, 0.25) is 0 Å². The van der Waals surface area contributed by atoms with Crippen LogP contribution in [0.1, 0.15) is 16.8 Å². The topological polar surface area (TPSA) is 44.3 Å². The number of hydrogen-bond acceptors (Lipinski definition) is 5. The van der Waals surface area contributed by atoms with E-state index in [2.05, 4.69) is 59.2 Å². The summed E-state index contributed by atoms with van der Waals surface area (Å²) in [5.74, 6) is 1.68. The van der Waals surface area contributed by atoms with Crippen LogP contribution < -0.4 is 10.2 Å². The van der Waals surface area contributed by atoms with Gasteiger partial charge in [-0.3, -0.25) is 0 Å². The molecule has 1 aromatic carbocycles. The van der Waals surface area contributed by atoms with Crippen LogP contribution in [0, 0.1) is 20.8 Å². The van der Waals surface area contributed by atoms with Crippen LogP contribution in [0.3, 0.4) is 0 Å². The Balaban J connectivity index is 1.82. The average Bonchev–Trinajstić information content (AvgIpc) is 2.50. The maximum atomic E-state index is 4.73. The van der Waals surface area contributed by atoms with Crippen molar-refractivity contribution >= 4 is 17.5 Å². The zero-order valence-corrected chi connectivity index (χ0v) is 14.4. The van der Waals surface area contributed by atoms with Gasteiger partial charge in [0.25, 0.3) is 0 Å². The number of anilines is 3. The second kappa shape index (κ2) is 6.54. The lowest BCUT2D eigenvalue weighted by atomic mass is 10.1. The first-order chi connectivity index (χ1) is 11.0. The quantitative estimate of drug-likeness (QED) is 0.944. The van der Waals surface area contributed by atoms with Gasteiger partial charge in [0.05, 0.1) is 0 Å². The van der Waals surface area contributed by atoms with Gasteiger partial charge in [0.2, 0.25) is 5.95 Å². The molecule has 0 aliphatic carbocycles. The van der Waals surface area contributed by atoms with Crippen molar-refractivity contribution < 1.29 is 0 Å². The molecule has 0 amide bonds. The molecule has 1 N–H and O–H groups in total. The highest BCUT2D eigenvalue weighted by atomic mass is 15.3. The van der Waals surface area contributed by atoms with Gasteiger partial charge in [0, 0.05) is 43.6 Å². The lowest BCUT2D eigenvalue weighted by Gasteiger charge is -2.32. The summed E-state index contributed by atoms with van der Waals surface area (Å²) in [5, 5.41) is 3.44. The number of likely N-dealkylation sites (N-methyl/N-ethyl adjacent to an activating group) is 1. The van der Waals surface area contributed by atoms with Gasteiger partial charge < -0.3 is 15.1 Å². The van der Waals surface area contributed by atoms with Crippen LogP contribution in [0.15, 0.2) is 24.3 Å². The molecule has 122 valence electrons. The zero-order valence-electron chi connectivity index (χ0n) is 14.4. The summed E-state index contributed by atoms with van der Waals surface area (Å²) >= 11 is 0. The summed E-state index contributed by atoms with van der Waals surface area (Å²) in [6.07, 6.45) is 0. The molecule has 0 spiro atoms. The fourth-order valence-electron chi connectivity index (χ4n) is 2.86. The zero-order chi connectivity index (χ0) is 16.4. The average molecular weight is 311 g/mol. The molecule has 1 aromatic heterocycles. The predicted molar refractivity (Wildman–Crippen MR) is 95.7 cm³/mol. The first-order valence-corrected chi connectivity index (χ1v) is 8.15. The van der Waals surface area contributed by atoms with E-state index < -0.39 is 0 Å². The molecule has 0 radical (unpaired) electrons. The Bertz CT molecular complexity index is 690. The van der Waals surface area contributed by atoms with Gasteiger partial charge in [0.1, 0.15) is 5.82 Å². The van der Waals surface area contributed by atoms with Crippen LogP contribution >= 0.6 is 0 Å². The highest BCUT2D eigenvalue weighted by Gasteiger charge is 2.17. The van der Waals surface area contributed by atoms with Gasteiger partial charge >= 0.3 is 0 Å². The van der Waals surface area contributed by atoms with Crippen LogP contribution in [-0.2, 0) is 0 Å². The number of rotatable bonds is 3. The van der Waals surface area contributed by atoms with Gasteiger partial charge in [-0.1, -0.05) is 17.7 Å². The Morgan fingerprint density at radius 3 is 2.39 bits per heavy atom. The van der Waals surface area contributed by atoms with Crippen molar-refractivity contribution in [3.63, 3.8) is 0 Å². The number of nitrogens with one attached hydrogen (secondary N) is 1. The number of nitrogens with zero attached hydrogens (tertiary/aromatic N) is 4. The normalized spacial score (nSPS) is 15.7. The number of aromatic nitrogens is 2. The highest BCUT2D eigenvalue weighted by Crippen LogP contribution is 2.22. The number of piperazine rings is 1. The van der Waals surface area contributed by atoms with E-state index in [-0.39, 0.29) is 0 Å². The second-order valence-corrected chi connectivity index (χ2v) is 6.43. The third-order valence-electron chi connectivity index (χ3n) is 4.27. The van der Waals surface area contributed by atoms with Crippen molar-refractivity contribution in [1.82, 2.24) is 14.9 Å². The second-order valence-electron chi connectivity index (χ2n) is 6.43. The molecular formula is C18H25N5. The highest BCUT2D eigenvalue weighted by molar-refractivity contribution is 5.62. The minimum absolute atomic E-state index is 0.824. The Kier molecular flexibility index (Phi) is 4.48. The van der Waals surface area contributed by atoms with Gasteiger partial charge in [0.15, 0.2) is 0 Å². The van der Waals surface area contributed by atoms with Crippen molar-refractivity contribution in [3.05, 3.63) is 41.1 Å². The summed E-state index contributed by atoms with van der Waals surface area (Å²) in [4.78, 5) is 13.9. The standard InChI is InChI=1S/C18H25N5/c1-13-5-6-16(14(2)11-13)20-17-12-15(3)19-18(21-17)23-9-7-22(4)8-10-23/h5-6,11-12H,7-10H2,1-4H3,(H,19,20,21). The molecule has 5 nitrogen and oxygen atoms in total. The molecule has 0 unspecified atom stereocenters. The Hall–Kier alpha value is -2.14. The molecule has 0 atom stereocenters. The van der Waals surface area contributed by atoms with E-state index in [9.17, 15) is 0 Å². The summed E-state index contributed by atoms with van der Waals surface area (Å²) in [5.41, 5.74) is 4.58. The number of aryl methyl sites for hydroxylation is 3. The van der Waals surface area contributed by atoms with Crippen molar-refractivity contribution in [2.75, 3.05) is 43.4 Å². The molecule has 0 bridgehead atoms. The smallest absolute Gasteiger partial charge is 0.227 e. The summed E-state index contributed by atoms with van der Waals surface area (Å²) in [7, 11) is 2.15. The largest absolute Gasteiger partial charge is 0.340 e. The molecular weight excluding hydrogens is 286 g/mol. The van der Waals surface area contributed by atoms with Gasteiger partial charge in [-0.25, -0.2) is 4.98 Å². The van der Waals surface area contributed by atoms with E-state index in [1.807, 2.05) is 13.0 Å². The molecule has 2 heterocycles. The Labute approximate surface area is 138 Å². The van der Waals surface area contributed by atoms with Gasteiger partial charge in [-0.15, -0.1) is 0 Å². The van der Waals surface area contributed by atoms with Crippen LogP contribution in [-0.4, -0.2) is 48.1 Å². The molecule has 0 saturated carbocycles. The predicted octanol–water partition coefficient (Wildman–Crippen LogP) is 2.90. The van der Waals surface area contributed by atoms with E-state index in [1.165, 1.54) is 11.1 Å². The number of hydrogen-bond donors (Lipinski definition) is 1. The molecule has 1 aliphatic heterocycles. The third kappa shape index (κ3) is 3.79. The Morgan fingerprint density at radius 2 is 1.70 bits per heavy atom. The van der Waals surface area contributed by atoms with Crippen LogP contribution in [0.25, 0.3) is 0 Å². The SMILES string of the molecule is Cc1ccc(Nc2cc(C)nc(N3CCN(C)CC3)n2)c(C)c1. The molecule has 5 heteroatoms. The first-order valence-electron chi connectivity index (χ1n) is 8.15. The molecule has 23 heavy (non-hydrogen) atoms. The van der Waals surface area contributed by atoms with E-state index in [4.69, 9.17) is 4.98 Å². The van der Waals surface area contributed by atoms with Crippen LogP contribution in [0.5, 0.6) is 0 Å². The molecule has 1 saturated heterocycles. The lowest BCUT2D eigenvalue weighted by molar-refractivity contribution is 0.311. The molecule has 2 aromatic rings. The summed E-state index contributed by atoms with van der Waals surface area (Å²) in [6.45, 7) is 10.3. The van der Waals surface area contributed by atoms with E-state index in [0.29, 0.717) is 0 Å². The monoisotopic (exact) mass is 311 g/mol. The van der Waals surface area contributed by atoms with Crippen LogP contribution in [0.4, 0.5) is 17.5 Å². The van der Waals surface area contributed by atoms with Crippen molar-refractivity contribution in [3.8, 4) is 0 Å². The fraction of sp³-hybridized carbons (Fsp3) is 0.444. The van der Waals surface area contributed by atoms with Crippen molar-refractivity contribution in [2.24, 2.45) is 0 Å². The van der Waals surface area contributed by atoms with E-state index in [1.54, 1.807) is 0 Å². The minimum atomic E-state index is 0.824. The summed E-state index contributed by atoms with van der Waals surface area (Å²) in [6, 6.07) is 8.40. The van der Waals surface area contributed by atoms with Gasteiger partial charge in [-0.2, -0.15) is 4.98 Å². The summed E-state index contributed by atoms with van der Waals surface area (Å²) < 4.78 is 0. The molecule has 1 fully saturated rings. The van der Waals surface area contributed by atoms with E-state index in [0.717, 1.165) is 49.3 Å². The maximum Gasteiger partial charge on any atom is 0.227 e.